The number of esters is 1. The molecule has 2 atom stereocenters. The minimum Gasteiger partial charge on any atom is -0.465 e. The Hall–Kier alpha value is -1.75. The van der Waals surface area contributed by atoms with Crippen molar-refractivity contribution in [2.75, 3.05) is 6.61 Å². The van der Waals surface area contributed by atoms with E-state index in [1.54, 1.807) is 0 Å². The van der Waals surface area contributed by atoms with Gasteiger partial charge in [0.25, 0.3) is 0 Å². The lowest BCUT2D eigenvalue weighted by Crippen LogP contribution is -2.37. The highest BCUT2D eigenvalue weighted by Gasteiger charge is 2.43. The minimum absolute atomic E-state index is 0.107. The summed E-state index contributed by atoms with van der Waals surface area (Å²) in [7, 11) is 0. The Morgan fingerprint density at radius 2 is 2.16 bits per heavy atom. The summed E-state index contributed by atoms with van der Waals surface area (Å²) < 4.78 is 6.36. The lowest BCUT2D eigenvalue weighted by Gasteiger charge is -2.34. The van der Waals surface area contributed by atoms with Gasteiger partial charge in [-0.2, -0.15) is 0 Å². The van der Waals surface area contributed by atoms with Crippen molar-refractivity contribution >= 4 is 33.4 Å². The second-order valence-electron chi connectivity index (χ2n) is 6.57. The minimum atomic E-state index is -0.540. The molecule has 0 amide bonds. The van der Waals surface area contributed by atoms with Gasteiger partial charge in [-0.1, -0.05) is 35.0 Å². The van der Waals surface area contributed by atoms with Crippen LogP contribution in [-0.4, -0.2) is 24.1 Å². The van der Waals surface area contributed by atoms with Crippen molar-refractivity contribution in [2.45, 2.75) is 45.4 Å². The first kappa shape index (κ1) is 18.1. The van der Waals surface area contributed by atoms with E-state index < -0.39 is 5.92 Å². The maximum atomic E-state index is 12.8. The van der Waals surface area contributed by atoms with Crippen LogP contribution in [-0.2, 0) is 14.3 Å². The molecule has 4 nitrogen and oxygen atoms in total. The fourth-order valence-electron chi connectivity index (χ4n) is 3.66. The number of halogens is 1. The van der Waals surface area contributed by atoms with E-state index in [9.17, 15) is 9.59 Å². The Kier molecular flexibility index (Phi) is 5.52. The van der Waals surface area contributed by atoms with Crippen LogP contribution >= 0.6 is 15.9 Å². The van der Waals surface area contributed by atoms with Crippen molar-refractivity contribution in [3.05, 3.63) is 45.6 Å². The summed E-state index contributed by atoms with van der Waals surface area (Å²) in [4.78, 5) is 30.1. The zero-order chi connectivity index (χ0) is 18.0. The zero-order valence-corrected chi connectivity index (χ0v) is 16.1. The van der Waals surface area contributed by atoms with Crippen molar-refractivity contribution in [1.82, 2.24) is 0 Å². The van der Waals surface area contributed by atoms with Gasteiger partial charge >= 0.3 is 5.97 Å². The first-order valence-corrected chi connectivity index (χ1v) is 9.55. The second-order valence-corrected chi connectivity index (χ2v) is 7.48. The molecule has 1 aromatic rings. The molecular weight excluding hydrogens is 382 g/mol. The molecule has 25 heavy (non-hydrogen) atoms. The fourth-order valence-corrected chi connectivity index (χ4v) is 4.08. The SMILES string of the molecule is CCCOC(=O)C1C(C)=NC2=C(C(=O)CCC2)[C@@H]1c1cccc(Br)c1. The smallest absolute Gasteiger partial charge is 0.315 e. The molecule has 132 valence electrons. The van der Waals surface area contributed by atoms with E-state index in [0.29, 0.717) is 18.6 Å². The van der Waals surface area contributed by atoms with Gasteiger partial charge in [-0.3, -0.25) is 14.6 Å². The number of Topliss-reactive ketones (excluding diaryl/α,β-unsaturated/α-hetero) is 1. The third-order valence-electron chi connectivity index (χ3n) is 4.74. The van der Waals surface area contributed by atoms with Gasteiger partial charge in [-0.15, -0.1) is 0 Å². The highest BCUT2D eigenvalue weighted by Crippen LogP contribution is 2.43. The van der Waals surface area contributed by atoms with Crippen molar-refractivity contribution in [2.24, 2.45) is 10.9 Å². The molecule has 0 saturated carbocycles. The summed E-state index contributed by atoms with van der Waals surface area (Å²) >= 11 is 3.50. The summed E-state index contributed by atoms with van der Waals surface area (Å²) in [5.41, 5.74) is 3.23. The lowest BCUT2D eigenvalue weighted by molar-refractivity contribution is -0.146. The molecule has 1 aliphatic carbocycles. The van der Waals surface area contributed by atoms with Gasteiger partial charge in [0.05, 0.1) is 6.61 Å². The molecule has 0 saturated heterocycles. The molecule has 1 aliphatic heterocycles. The number of ether oxygens (including phenoxy) is 1. The Morgan fingerprint density at radius 1 is 1.36 bits per heavy atom. The Bertz CT molecular complexity index is 766. The number of ketones is 1. The molecule has 0 bridgehead atoms. The predicted molar refractivity (Wildman–Crippen MR) is 101 cm³/mol. The highest BCUT2D eigenvalue weighted by atomic mass is 79.9. The molecule has 1 unspecified atom stereocenters. The average molecular weight is 404 g/mol. The summed E-state index contributed by atoms with van der Waals surface area (Å²) in [5.74, 6) is -1.04. The quantitative estimate of drug-likeness (QED) is 0.690. The molecule has 1 aromatic carbocycles. The summed E-state index contributed by atoms with van der Waals surface area (Å²) in [5, 5.41) is 0. The summed E-state index contributed by atoms with van der Waals surface area (Å²) in [6.45, 7) is 4.21. The van der Waals surface area contributed by atoms with Crippen molar-refractivity contribution in [3.8, 4) is 0 Å². The normalized spacial score (nSPS) is 23.2. The topological polar surface area (TPSA) is 55.7 Å². The van der Waals surface area contributed by atoms with Gasteiger partial charge < -0.3 is 4.74 Å². The van der Waals surface area contributed by atoms with Crippen LogP contribution < -0.4 is 0 Å². The number of carbonyl (C=O) groups excluding carboxylic acids is 2. The van der Waals surface area contributed by atoms with E-state index >= 15 is 0 Å². The van der Waals surface area contributed by atoms with Crippen LogP contribution in [0.25, 0.3) is 0 Å². The predicted octanol–water partition coefficient (Wildman–Crippen LogP) is 4.58. The van der Waals surface area contributed by atoms with Crippen LogP contribution in [0.4, 0.5) is 0 Å². The molecule has 5 heteroatoms. The Labute approximate surface area is 156 Å². The summed E-state index contributed by atoms with van der Waals surface area (Å²) in [6.07, 6.45) is 2.90. The molecule has 0 aromatic heterocycles. The largest absolute Gasteiger partial charge is 0.465 e. The first-order chi connectivity index (χ1) is 12.0. The van der Waals surface area contributed by atoms with Crippen molar-refractivity contribution in [1.29, 1.82) is 0 Å². The number of aliphatic imine (C=N–C) groups is 1. The molecule has 0 N–H and O–H groups in total. The molecule has 0 spiro atoms. The maximum absolute atomic E-state index is 12.8. The van der Waals surface area contributed by atoms with E-state index in [4.69, 9.17) is 4.74 Å². The number of nitrogens with zero attached hydrogens (tertiary/aromatic N) is 1. The molecule has 3 rings (SSSR count). The Balaban J connectivity index is 2.10. The second kappa shape index (κ2) is 7.65. The molecule has 0 fully saturated rings. The Morgan fingerprint density at radius 3 is 2.88 bits per heavy atom. The molecule has 2 aliphatic rings. The van der Waals surface area contributed by atoms with Gasteiger partial charge in [-0.05, 0) is 43.9 Å². The van der Waals surface area contributed by atoms with Crippen LogP contribution in [0.5, 0.6) is 0 Å². The van der Waals surface area contributed by atoms with Gasteiger partial charge in [-0.25, -0.2) is 0 Å². The van der Waals surface area contributed by atoms with Crippen LogP contribution in [0.3, 0.4) is 0 Å². The molecule has 1 heterocycles. The van der Waals surface area contributed by atoms with E-state index in [1.807, 2.05) is 38.1 Å². The number of hydrogen-bond acceptors (Lipinski definition) is 4. The fraction of sp³-hybridized carbons (Fsp3) is 0.450. The standard InChI is InChI=1S/C20H22BrNO3/c1-3-10-25-20(24)17-12(2)22-15-8-5-9-16(23)19(15)18(17)13-6-4-7-14(21)11-13/h4,6-7,11,17-18H,3,5,8-10H2,1-2H3/t17?,18-/m1/s1. The average Bonchev–Trinajstić information content (AvgIpc) is 2.58. The third-order valence-corrected chi connectivity index (χ3v) is 5.24. The van der Waals surface area contributed by atoms with E-state index in [0.717, 1.165) is 40.7 Å². The van der Waals surface area contributed by atoms with E-state index in [2.05, 4.69) is 20.9 Å². The summed E-state index contributed by atoms with van der Waals surface area (Å²) in [6, 6.07) is 7.83. The van der Waals surface area contributed by atoms with Gasteiger partial charge in [0.1, 0.15) is 5.92 Å². The van der Waals surface area contributed by atoms with Gasteiger partial charge in [0.2, 0.25) is 0 Å². The number of rotatable bonds is 4. The van der Waals surface area contributed by atoms with Crippen LogP contribution in [0, 0.1) is 5.92 Å². The monoisotopic (exact) mass is 403 g/mol. The number of carbonyl (C=O) groups is 2. The van der Waals surface area contributed by atoms with Crippen molar-refractivity contribution < 1.29 is 14.3 Å². The van der Waals surface area contributed by atoms with E-state index in [1.165, 1.54) is 0 Å². The zero-order valence-electron chi connectivity index (χ0n) is 14.5. The van der Waals surface area contributed by atoms with Crippen LogP contribution in [0.15, 0.2) is 45.0 Å². The van der Waals surface area contributed by atoms with Gasteiger partial charge in [0.15, 0.2) is 5.78 Å². The number of benzene rings is 1. The highest BCUT2D eigenvalue weighted by molar-refractivity contribution is 9.10. The maximum Gasteiger partial charge on any atom is 0.315 e. The molecular formula is C20H22BrNO3. The van der Waals surface area contributed by atoms with Gasteiger partial charge in [0, 0.05) is 33.8 Å². The van der Waals surface area contributed by atoms with E-state index in [-0.39, 0.29) is 17.7 Å². The lowest BCUT2D eigenvalue weighted by atomic mass is 9.72. The van der Waals surface area contributed by atoms with Crippen LogP contribution in [0.2, 0.25) is 0 Å². The van der Waals surface area contributed by atoms with Crippen LogP contribution in [0.1, 0.15) is 51.0 Å². The molecule has 0 radical (unpaired) electrons. The van der Waals surface area contributed by atoms with Crippen molar-refractivity contribution in [3.63, 3.8) is 0 Å². The number of hydrogen-bond donors (Lipinski definition) is 0. The number of allylic oxidation sites excluding steroid dienone is 2. The first-order valence-electron chi connectivity index (χ1n) is 8.76. The third kappa shape index (κ3) is 3.61.